The van der Waals surface area contributed by atoms with Gasteiger partial charge in [-0.1, -0.05) is 48.5 Å². The number of nitrogens with one attached hydrogen (secondary N) is 1. The molecule has 0 unspecified atom stereocenters. The van der Waals surface area contributed by atoms with Gasteiger partial charge in [0.05, 0.1) is 5.69 Å². The number of carbonyl (C=O) groups excluding carboxylic acids is 1. The van der Waals surface area contributed by atoms with E-state index in [1.54, 1.807) is 6.92 Å². The molecular weight excluding hydrogens is 362 g/mol. The Kier molecular flexibility index (Phi) is 5.42. The first kappa shape index (κ1) is 18.9. The predicted molar refractivity (Wildman–Crippen MR) is 116 cm³/mol. The minimum absolute atomic E-state index is 0.116. The number of carbonyl (C=O) groups is 1. The van der Waals surface area contributed by atoms with E-state index in [2.05, 4.69) is 35.3 Å². The van der Waals surface area contributed by atoms with E-state index in [0.717, 1.165) is 41.4 Å². The average molecular weight is 387 g/mol. The van der Waals surface area contributed by atoms with Crippen LogP contribution < -0.4 is 10.2 Å². The van der Waals surface area contributed by atoms with E-state index in [1.807, 2.05) is 47.4 Å². The molecule has 0 aliphatic carbocycles. The number of rotatable bonds is 4. The highest BCUT2D eigenvalue weighted by atomic mass is 16.2. The van der Waals surface area contributed by atoms with Gasteiger partial charge < -0.3 is 15.1 Å². The van der Waals surface area contributed by atoms with E-state index in [9.17, 15) is 4.79 Å². The summed E-state index contributed by atoms with van der Waals surface area (Å²) in [6, 6.07) is 20.3. The third kappa shape index (κ3) is 4.37. The third-order valence-electron chi connectivity index (χ3n) is 5.20. The Balaban J connectivity index is 1.67. The molecule has 1 amide bonds. The molecule has 1 saturated heterocycles. The van der Waals surface area contributed by atoms with E-state index >= 15 is 0 Å². The molecule has 0 atom stereocenters. The molecule has 2 aromatic carbocycles. The zero-order valence-corrected chi connectivity index (χ0v) is 16.8. The average Bonchev–Trinajstić information content (AvgIpc) is 2.76. The van der Waals surface area contributed by atoms with E-state index < -0.39 is 0 Å². The first-order valence-electron chi connectivity index (χ1n) is 9.88. The number of hydrogen-bond donors (Lipinski definition) is 1. The SMILES string of the molecule is CC(=O)N1CCN(c2nc(Nc3ccccc3C)cc(-c3ccccc3)n2)CC1. The van der Waals surface area contributed by atoms with Crippen molar-refractivity contribution >= 4 is 23.4 Å². The van der Waals surface area contributed by atoms with Crippen LogP contribution in [0.1, 0.15) is 12.5 Å². The van der Waals surface area contributed by atoms with Gasteiger partial charge >= 0.3 is 0 Å². The first-order chi connectivity index (χ1) is 14.1. The van der Waals surface area contributed by atoms with Crippen LogP contribution in [0.4, 0.5) is 17.5 Å². The topological polar surface area (TPSA) is 61.4 Å². The van der Waals surface area contributed by atoms with Crippen LogP contribution in [0.25, 0.3) is 11.3 Å². The van der Waals surface area contributed by atoms with Crippen molar-refractivity contribution in [2.24, 2.45) is 0 Å². The van der Waals surface area contributed by atoms with Gasteiger partial charge in [-0.2, -0.15) is 4.98 Å². The maximum atomic E-state index is 11.6. The second-order valence-electron chi connectivity index (χ2n) is 7.24. The van der Waals surface area contributed by atoms with Crippen LogP contribution in [0.3, 0.4) is 0 Å². The molecule has 29 heavy (non-hydrogen) atoms. The number of nitrogens with zero attached hydrogens (tertiary/aromatic N) is 4. The lowest BCUT2D eigenvalue weighted by molar-refractivity contribution is -0.129. The number of aryl methyl sites for hydroxylation is 1. The van der Waals surface area contributed by atoms with Crippen molar-refractivity contribution < 1.29 is 4.79 Å². The lowest BCUT2D eigenvalue weighted by atomic mass is 10.1. The van der Waals surface area contributed by atoms with Crippen molar-refractivity contribution in [2.75, 3.05) is 36.4 Å². The Labute approximate surface area is 171 Å². The summed E-state index contributed by atoms with van der Waals surface area (Å²) in [5, 5.41) is 3.45. The highest BCUT2D eigenvalue weighted by Crippen LogP contribution is 2.26. The minimum atomic E-state index is 0.116. The predicted octanol–water partition coefficient (Wildman–Crippen LogP) is 3.86. The van der Waals surface area contributed by atoms with Gasteiger partial charge in [0.2, 0.25) is 11.9 Å². The fourth-order valence-electron chi connectivity index (χ4n) is 3.47. The number of aromatic nitrogens is 2. The second kappa shape index (κ2) is 8.31. The summed E-state index contributed by atoms with van der Waals surface area (Å²) in [6.07, 6.45) is 0. The van der Waals surface area contributed by atoms with Crippen LogP contribution in [-0.2, 0) is 4.79 Å². The smallest absolute Gasteiger partial charge is 0.228 e. The maximum absolute atomic E-state index is 11.6. The zero-order valence-electron chi connectivity index (χ0n) is 16.8. The molecule has 1 aromatic heterocycles. The largest absolute Gasteiger partial charge is 0.340 e. The Morgan fingerprint density at radius 1 is 0.931 bits per heavy atom. The summed E-state index contributed by atoms with van der Waals surface area (Å²) in [5.74, 6) is 1.56. The fraction of sp³-hybridized carbons (Fsp3) is 0.261. The van der Waals surface area contributed by atoms with Gasteiger partial charge in [0.25, 0.3) is 0 Å². The van der Waals surface area contributed by atoms with Gasteiger partial charge in [-0.05, 0) is 18.6 Å². The first-order valence-corrected chi connectivity index (χ1v) is 9.88. The van der Waals surface area contributed by atoms with Crippen LogP contribution in [0.15, 0.2) is 60.7 Å². The monoisotopic (exact) mass is 387 g/mol. The normalized spacial score (nSPS) is 14.0. The number of piperazine rings is 1. The number of benzene rings is 2. The molecule has 6 heteroatoms. The van der Waals surface area contributed by atoms with Crippen molar-refractivity contribution in [3.63, 3.8) is 0 Å². The van der Waals surface area contributed by atoms with Crippen LogP contribution in [0, 0.1) is 6.92 Å². The maximum Gasteiger partial charge on any atom is 0.228 e. The van der Waals surface area contributed by atoms with Crippen LogP contribution in [0.2, 0.25) is 0 Å². The molecule has 0 saturated carbocycles. The molecule has 148 valence electrons. The summed E-state index contributed by atoms with van der Waals surface area (Å²) in [5.41, 5.74) is 4.11. The van der Waals surface area contributed by atoms with E-state index in [-0.39, 0.29) is 5.91 Å². The van der Waals surface area contributed by atoms with Crippen molar-refractivity contribution in [1.82, 2.24) is 14.9 Å². The van der Waals surface area contributed by atoms with Crippen LogP contribution in [0.5, 0.6) is 0 Å². The van der Waals surface area contributed by atoms with Crippen molar-refractivity contribution in [3.05, 3.63) is 66.2 Å². The third-order valence-corrected chi connectivity index (χ3v) is 5.20. The molecule has 1 N–H and O–H groups in total. The lowest BCUT2D eigenvalue weighted by Crippen LogP contribution is -2.48. The highest BCUT2D eigenvalue weighted by Gasteiger charge is 2.21. The molecule has 1 aliphatic heterocycles. The second-order valence-corrected chi connectivity index (χ2v) is 7.24. The number of anilines is 3. The van der Waals surface area contributed by atoms with E-state index in [4.69, 9.17) is 9.97 Å². The number of hydrogen-bond acceptors (Lipinski definition) is 5. The Bertz CT molecular complexity index is 997. The van der Waals surface area contributed by atoms with Gasteiger partial charge in [-0.3, -0.25) is 4.79 Å². The Morgan fingerprint density at radius 2 is 1.62 bits per heavy atom. The van der Waals surface area contributed by atoms with E-state index in [1.165, 1.54) is 0 Å². The van der Waals surface area contributed by atoms with Crippen LogP contribution in [-0.4, -0.2) is 47.0 Å². The van der Waals surface area contributed by atoms with Gasteiger partial charge in [0, 0.05) is 50.4 Å². The molecular formula is C23H25N5O. The molecule has 6 nitrogen and oxygen atoms in total. The van der Waals surface area contributed by atoms with Crippen molar-refractivity contribution in [2.45, 2.75) is 13.8 Å². The van der Waals surface area contributed by atoms with Gasteiger partial charge in [0.15, 0.2) is 0 Å². The highest BCUT2D eigenvalue weighted by molar-refractivity contribution is 5.73. The molecule has 1 fully saturated rings. The Morgan fingerprint density at radius 3 is 2.31 bits per heavy atom. The standard InChI is InChI=1S/C23H25N5O/c1-17-8-6-7-11-20(17)24-22-16-21(19-9-4-3-5-10-19)25-23(26-22)28-14-12-27(13-15-28)18(2)29/h3-11,16H,12-15H2,1-2H3,(H,24,25,26). The molecule has 2 heterocycles. The van der Waals surface area contributed by atoms with Crippen molar-refractivity contribution in [3.8, 4) is 11.3 Å². The number of amides is 1. The summed E-state index contributed by atoms with van der Waals surface area (Å²) in [7, 11) is 0. The quantitative estimate of drug-likeness (QED) is 0.736. The van der Waals surface area contributed by atoms with E-state index in [0.29, 0.717) is 19.0 Å². The number of para-hydroxylation sites is 1. The van der Waals surface area contributed by atoms with Crippen molar-refractivity contribution in [1.29, 1.82) is 0 Å². The fourth-order valence-corrected chi connectivity index (χ4v) is 3.47. The Hall–Kier alpha value is -3.41. The van der Waals surface area contributed by atoms with Gasteiger partial charge in [-0.25, -0.2) is 4.98 Å². The molecule has 1 aliphatic rings. The molecule has 4 rings (SSSR count). The zero-order chi connectivity index (χ0) is 20.2. The molecule has 0 spiro atoms. The summed E-state index contributed by atoms with van der Waals surface area (Å²) in [6.45, 7) is 6.52. The van der Waals surface area contributed by atoms with Gasteiger partial charge in [-0.15, -0.1) is 0 Å². The summed E-state index contributed by atoms with van der Waals surface area (Å²) >= 11 is 0. The van der Waals surface area contributed by atoms with Gasteiger partial charge in [0.1, 0.15) is 5.82 Å². The summed E-state index contributed by atoms with van der Waals surface area (Å²) < 4.78 is 0. The molecule has 0 radical (unpaired) electrons. The molecule has 3 aromatic rings. The summed E-state index contributed by atoms with van der Waals surface area (Å²) in [4.78, 5) is 25.3. The van der Waals surface area contributed by atoms with Crippen LogP contribution >= 0.6 is 0 Å². The minimum Gasteiger partial charge on any atom is -0.340 e. The molecule has 0 bridgehead atoms. The lowest BCUT2D eigenvalue weighted by Gasteiger charge is -2.34.